The molecule has 4 aromatic rings. The van der Waals surface area contributed by atoms with Gasteiger partial charge in [-0.05, 0) is 34.5 Å². The van der Waals surface area contributed by atoms with E-state index in [4.69, 9.17) is 4.42 Å². The Morgan fingerprint density at radius 3 is 2.52 bits per heavy atom. The van der Waals surface area contributed by atoms with Gasteiger partial charge in [0.25, 0.3) is 5.56 Å². The molecule has 2 aromatic carbocycles. The van der Waals surface area contributed by atoms with Crippen molar-refractivity contribution in [2.45, 2.75) is 0 Å². The summed E-state index contributed by atoms with van der Waals surface area (Å²) in [4.78, 5) is 25.3. The standard InChI is InChI=1S/C20H11N3O4/c21-11-16-15(18-7-8-19(27-18)23(25)26)10-17(22-20(16)24)14-6-5-12-3-1-2-4-13(12)9-14/h1-10H,(H,22,24). The van der Waals surface area contributed by atoms with Gasteiger partial charge in [-0.1, -0.05) is 36.4 Å². The third kappa shape index (κ3) is 2.85. The Bertz CT molecular complexity index is 1290. The van der Waals surface area contributed by atoms with Crippen LogP contribution in [0.5, 0.6) is 0 Å². The first kappa shape index (κ1) is 16.3. The molecule has 0 bridgehead atoms. The highest BCUT2D eigenvalue weighted by atomic mass is 16.6. The molecule has 27 heavy (non-hydrogen) atoms. The fraction of sp³-hybridized carbons (Fsp3) is 0. The number of H-pyrrole nitrogens is 1. The summed E-state index contributed by atoms with van der Waals surface area (Å²) in [6.45, 7) is 0. The number of nitrogens with zero attached hydrogens (tertiary/aromatic N) is 2. The van der Waals surface area contributed by atoms with Gasteiger partial charge in [-0.3, -0.25) is 14.9 Å². The molecule has 1 N–H and O–H groups in total. The summed E-state index contributed by atoms with van der Waals surface area (Å²) >= 11 is 0. The van der Waals surface area contributed by atoms with Crippen molar-refractivity contribution in [1.29, 1.82) is 5.26 Å². The molecule has 0 aliphatic carbocycles. The van der Waals surface area contributed by atoms with Crippen LogP contribution in [0.1, 0.15) is 5.56 Å². The molecule has 7 heteroatoms. The van der Waals surface area contributed by atoms with Crippen LogP contribution in [-0.2, 0) is 0 Å². The third-order valence-corrected chi connectivity index (χ3v) is 4.24. The number of hydrogen-bond donors (Lipinski definition) is 1. The summed E-state index contributed by atoms with van der Waals surface area (Å²) < 4.78 is 5.19. The minimum Gasteiger partial charge on any atom is -0.401 e. The van der Waals surface area contributed by atoms with Crippen molar-refractivity contribution in [3.8, 4) is 28.7 Å². The first-order valence-electron chi connectivity index (χ1n) is 7.98. The maximum atomic E-state index is 12.4. The number of aromatic amines is 1. The van der Waals surface area contributed by atoms with Gasteiger partial charge in [-0.2, -0.15) is 5.26 Å². The molecule has 0 unspecified atom stereocenters. The first-order valence-corrected chi connectivity index (χ1v) is 7.98. The van der Waals surface area contributed by atoms with Gasteiger partial charge in [0.1, 0.15) is 22.3 Å². The summed E-state index contributed by atoms with van der Waals surface area (Å²) in [7, 11) is 0. The Kier molecular flexibility index (Phi) is 3.79. The average Bonchev–Trinajstić information content (AvgIpc) is 3.17. The lowest BCUT2D eigenvalue weighted by Crippen LogP contribution is -2.12. The van der Waals surface area contributed by atoms with Gasteiger partial charge in [0.05, 0.1) is 6.07 Å². The number of aromatic nitrogens is 1. The third-order valence-electron chi connectivity index (χ3n) is 4.24. The van der Waals surface area contributed by atoms with Crippen LogP contribution in [0.4, 0.5) is 5.88 Å². The summed E-state index contributed by atoms with van der Waals surface area (Å²) in [6.07, 6.45) is 0. The summed E-state index contributed by atoms with van der Waals surface area (Å²) in [6, 6.07) is 19.5. The zero-order valence-corrected chi connectivity index (χ0v) is 13.8. The molecule has 7 nitrogen and oxygen atoms in total. The monoisotopic (exact) mass is 357 g/mol. The van der Waals surface area contributed by atoms with Crippen LogP contribution in [0.15, 0.2) is 69.9 Å². The number of benzene rings is 2. The molecule has 2 heterocycles. The predicted molar refractivity (Wildman–Crippen MR) is 99.1 cm³/mol. The first-order chi connectivity index (χ1) is 13.1. The van der Waals surface area contributed by atoms with Crippen LogP contribution < -0.4 is 5.56 Å². The average molecular weight is 357 g/mol. The number of pyridine rings is 1. The SMILES string of the molecule is N#Cc1c(-c2ccc([N+](=O)[O-])o2)cc(-c2ccc3ccccc3c2)[nH]c1=O. The van der Waals surface area contributed by atoms with Crippen molar-refractivity contribution in [3.05, 3.63) is 86.7 Å². The van der Waals surface area contributed by atoms with Crippen LogP contribution in [-0.4, -0.2) is 9.91 Å². The summed E-state index contributed by atoms with van der Waals surface area (Å²) in [5, 5.41) is 22.2. The van der Waals surface area contributed by atoms with Gasteiger partial charge in [-0.25, -0.2) is 0 Å². The molecular formula is C20H11N3O4. The number of nitriles is 1. The topological polar surface area (TPSA) is 113 Å². The molecule has 0 saturated carbocycles. The maximum absolute atomic E-state index is 12.4. The van der Waals surface area contributed by atoms with Crippen LogP contribution in [0.25, 0.3) is 33.4 Å². The molecule has 0 saturated heterocycles. The zero-order chi connectivity index (χ0) is 19.0. The van der Waals surface area contributed by atoms with Gasteiger partial charge in [0, 0.05) is 11.3 Å². The fourth-order valence-electron chi connectivity index (χ4n) is 2.95. The number of furan rings is 1. The van der Waals surface area contributed by atoms with E-state index in [1.165, 1.54) is 12.1 Å². The fourth-order valence-corrected chi connectivity index (χ4v) is 2.95. The van der Waals surface area contributed by atoms with Crippen LogP contribution in [0, 0.1) is 21.4 Å². The van der Waals surface area contributed by atoms with E-state index in [2.05, 4.69) is 4.98 Å². The van der Waals surface area contributed by atoms with Crippen molar-refractivity contribution < 1.29 is 9.34 Å². The highest BCUT2D eigenvalue weighted by Gasteiger charge is 2.19. The summed E-state index contributed by atoms with van der Waals surface area (Å²) in [5.74, 6) is -0.368. The van der Waals surface area contributed by atoms with E-state index >= 15 is 0 Å². The Hall–Kier alpha value is -4.18. The highest BCUT2D eigenvalue weighted by Crippen LogP contribution is 2.30. The van der Waals surface area contributed by atoms with Crippen molar-refractivity contribution in [2.24, 2.45) is 0 Å². The van der Waals surface area contributed by atoms with E-state index < -0.39 is 16.4 Å². The number of nitrogens with one attached hydrogen (secondary N) is 1. The zero-order valence-electron chi connectivity index (χ0n) is 13.8. The Labute approximate surface area is 152 Å². The van der Waals surface area contributed by atoms with E-state index in [-0.39, 0.29) is 16.9 Å². The molecule has 0 amide bonds. The lowest BCUT2D eigenvalue weighted by atomic mass is 10.0. The molecule has 4 rings (SSSR count). The van der Waals surface area contributed by atoms with Crippen molar-refractivity contribution >= 4 is 16.7 Å². The second-order valence-electron chi connectivity index (χ2n) is 5.87. The van der Waals surface area contributed by atoms with E-state index in [9.17, 15) is 20.2 Å². The number of rotatable bonds is 3. The Morgan fingerprint density at radius 2 is 1.81 bits per heavy atom. The molecule has 0 atom stereocenters. The Balaban J connectivity index is 1.91. The number of nitro groups is 1. The van der Waals surface area contributed by atoms with E-state index in [1.54, 1.807) is 6.07 Å². The second-order valence-corrected chi connectivity index (χ2v) is 5.87. The van der Waals surface area contributed by atoms with Crippen LogP contribution in [0.2, 0.25) is 0 Å². The van der Waals surface area contributed by atoms with E-state index in [0.717, 1.165) is 16.3 Å². The highest BCUT2D eigenvalue weighted by molar-refractivity contribution is 5.87. The van der Waals surface area contributed by atoms with Gasteiger partial charge in [0.15, 0.2) is 0 Å². The minimum atomic E-state index is -0.674. The van der Waals surface area contributed by atoms with Crippen molar-refractivity contribution in [3.63, 3.8) is 0 Å². The molecule has 0 aliphatic heterocycles. The van der Waals surface area contributed by atoms with Gasteiger partial charge < -0.3 is 9.40 Å². The molecule has 2 aromatic heterocycles. The van der Waals surface area contributed by atoms with Gasteiger partial charge in [-0.15, -0.1) is 0 Å². The van der Waals surface area contributed by atoms with Gasteiger partial charge >= 0.3 is 5.88 Å². The second kappa shape index (κ2) is 6.28. The quantitative estimate of drug-likeness (QED) is 0.435. The van der Waals surface area contributed by atoms with Crippen molar-refractivity contribution in [2.75, 3.05) is 0 Å². The number of hydrogen-bond acceptors (Lipinski definition) is 5. The van der Waals surface area contributed by atoms with Crippen molar-refractivity contribution in [1.82, 2.24) is 4.98 Å². The minimum absolute atomic E-state index is 0.0892. The lowest BCUT2D eigenvalue weighted by Gasteiger charge is -2.07. The van der Waals surface area contributed by atoms with E-state index in [1.807, 2.05) is 48.5 Å². The molecule has 130 valence electrons. The molecular weight excluding hydrogens is 346 g/mol. The largest absolute Gasteiger partial charge is 0.433 e. The molecule has 0 radical (unpaired) electrons. The van der Waals surface area contributed by atoms with E-state index in [0.29, 0.717) is 5.69 Å². The van der Waals surface area contributed by atoms with Gasteiger partial charge in [0.2, 0.25) is 0 Å². The maximum Gasteiger partial charge on any atom is 0.433 e. The predicted octanol–water partition coefficient (Wildman–Crippen LogP) is 4.23. The normalized spacial score (nSPS) is 10.6. The van der Waals surface area contributed by atoms with Crippen LogP contribution >= 0.6 is 0 Å². The molecule has 0 aliphatic rings. The molecule has 0 fully saturated rings. The molecule has 0 spiro atoms. The lowest BCUT2D eigenvalue weighted by molar-refractivity contribution is -0.401. The van der Waals surface area contributed by atoms with Crippen LogP contribution in [0.3, 0.4) is 0 Å². The summed E-state index contributed by atoms with van der Waals surface area (Å²) in [5.41, 5.74) is 0.690. The smallest absolute Gasteiger partial charge is 0.401 e. The number of fused-ring (bicyclic) bond motifs is 1. The Morgan fingerprint density at radius 1 is 1.04 bits per heavy atom.